The van der Waals surface area contributed by atoms with Crippen molar-refractivity contribution >= 4 is 17.7 Å². The van der Waals surface area contributed by atoms with Gasteiger partial charge in [-0.15, -0.1) is 0 Å². The number of carbonyl (C=O) groups excluding carboxylic acids is 1. The summed E-state index contributed by atoms with van der Waals surface area (Å²) in [5.74, 6) is -0.247. The van der Waals surface area contributed by atoms with E-state index < -0.39 is 12.0 Å². The smallest absolute Gasteiger partial charge is 0.548 e. The number of aliphatic carboxylic acids is 1. The van der Waals surface area contributed by atoms with E-state index in [4.69, 9.17) is 0 Å². The molecule has 0 amide bonds. The molecule has 0 aromatic carbocycles. The molecule has 0 saturated heterocycles. The van der Waals surface area contributed by atoms with Crippen molar-refractivity contribution in [2.75, 3.05) is 12.0 Å². The summed E-state index contributed by atoms with van der Waals surface area (Å²) in [6.07, 6.45) is 7.22. The van der Waals surface area contributed by atoms with Gasteiger partial charge in [0.2, 0.25) is 0 Å². The standard InChI is InChI=1S/C8H12N2O2S.Na/c1-13-5-2-7(8(11)12)10-4-3-9-6-10;/h3-4,6-7H,2,5H2,1H3,(H,11,12);/q;+1/p-1/t7-;/m0./s1. The van der Waals surface area contributed by atoms with Crippen LogP contribution in [0.2, 0.25) is 0 Å². The Kier molecular flexibility index (Phi) is 7.35. The average Bonchev–Trinajstić information content (AvgIpc) is 2.57. The second-order valence-corrected chi connectivity index (χ2v) is 3.61. The Balaban J connectivity index is 0.00000169. The van der Waals surface area contributed by atoms with Gasteiger partial charge in [-0.25, -0.2) is 4.98 Å². The molecule has 14 heavy (non-hydrogen) atoms. The Morgan fingerprint density at radius 3 is 2.86 bits per heavy atom. The minimum absolute atomic E-state index is 0. The average molecular weight is 222 g/mol. The Morgan fingerprint density at radius 2 is 2.43 bits per heavy atom. The van der Waals surface area contributed by atoms with Gasteiger partial charge in [0.05, 0.1) is 18.3 Å². The van der Waals surface area contributed by atoms with E-state index in [1.165, 1.54) is 6.33 Å². The minimum atomic E-state index is -1.05. The summed E-state index contributed by atoms with van der Waals surface area (Å²) < 4.78 is 1.56. The van der Waals surface area contributed by atoms with Gasteiger partial charge in [0, 0.05) is 12.4 Å². The number of thioether (sulfide) groups is 1. The van der Waals surface area contributed by atoms with Gasteiger partial charge in [-0.2, -0.15) is 11.8 Å². The number of carbonyl (C=O) groups is 1. The summed E-state index contributed by atoms with van der Waals surface area (Å²) in [5, 5.41) is 10.7. The normalized spacial score (nSPS) is 11.8. The molecule has 0 unspecified atom stereocenters. The first-order chi connectivity index (χ1) is 6.25. The molecular weight excluding hydrogens is 211 g/mol. The van der Waals surface area contributed by atoms with E-state index in [0.29, 0.717) is 6.42 Å². The van der Waals surface area contributed by atoms with E-state index in [-0.39, 0.29) is 29.6 Å². The van der Waals surface area contributed by atoms with E-state index in [1.54, 1.807) is 28.7 Å². The van der Waals surface area contributed by atoms with Gasteiger partial charge < -0.3 is 14.5 Å². The number of hydrogen-bond acceptors (Lipinski definition) is 4. The molecule has 0 saturated carbocycles. The quantitative estimate of drug-likeness (QED) is 0.496. The van der Waals surface area contributed by atoms with Crippen LogP contribution in [0.25, 0.3) is 0 Å². The van der Waals surface area contributed by atoms with Crippen LogP contribution in [0.4, 0.5) is 0 Å². The van der Waals surface area contributed by atoms with Crippen LogP contribution in [0, 0.1) is 0 Å². The SMILES string of the molecule is CSCC[C@@H](C(=O)[O-])n1ccnc1.[Na+]. The fourth-order valence-corrected chi connectivity index (χ4v) is 1.53. The predicted molar refractivity (Wildman–Crippen MR) is 49.3 cm³/mol. The van der Waals surface area contributed by atoms with Crippen molar-refractivity contribution in [2.45, 2.75) is 12.5 Å². The molecule has 1 heterocycles. The zero-order valence-electron chi connectivity index (χ0n) is 8.34. The fraction of sp³-hybridized carbons (Fsp3) is 0.500. The summed E-state index contributed by atoms with van der Waals surface area (Å²) in [4.78, 5) is 14.5. The molecule has 0 bridgehead atoms. The zero-order chi connectivity index (χ0) is 9.68. The number of aromatic nitrogens is 2. The molecule has 6 heteroatoms. The summed E-state index contributed by atoms with van der Waals surface area (Å²) in [6.45, 7) is 0. The van der Waals surface area contributed by atoms with Crippen molar-refractivity contribution < 1.29 is 39.5 Å². The molecule has 4 nitrogen and oxygen atoms in total. The summed E-state index contributed by atoms with van der Waals surface area (Å²) in [7, 11) is 0. The second kappa shape index (κ2) is 7.34. The molecule has 0 spiro atoms. The van der Waals surface area contributed by atoms with E-state index in [1.807, 2.05) is 6.26 Å². The molecule has 1 aromatic heterocycles. The van der Waals surface area contributed by atoms with Crippen LogP contribution in [0.3, 0.4) is 0 Å². The molecule has 0 radical (unpaired) electrons. The van der Waals surface area contributed by atoms with Gasteiger partial charge in [-0.3, -0.25) is 0 Å². The number of nitrogens with zero attached hydrogens (tertiary/aromatic N) is 2. The van der Waals surface area contributed by atoms with Crippen LogP contribution in [0.5, 0.6) is 0 Å². The Hall–Kier alpha value is 0.0300. The molecule has 1 atom stereocenters. The molecular formula is C8H11N2NaO2S. The van der Waals surface area contributed by atoms with Crippen molar-refractivity contribution in [1.82, 2.24) is 9.55 Å². The first-order valence-electron chi connectivity index (χ1n) is 3.93. The Labute approximate surface area is 109 Å². The fourth-order valence-electron chi connectivity index (χ4n) is 1.07. The van der Waals surface area contributed by atoms with Crippen molar-refractivity contribution in [1.29, 1.82) is 0 Å². The summed E-state index contributed by atoms with van der Waals surface area (Å²) in [6, 6.07) is -0.588. The number of carboxylic acid groups (broad SMARTS) is 1. The van der Waals surface area contributed by atoms with E-state index in [9.17, 15) is 9.90 Å². The van der Waals surface area contributed by atoms with Gasteiger partial charge in [-0.05, 0) is 18.4 Å². The molecule has 1 aromatic rings. The topological polar surface area (TPSA) is 57.9 Å². The van der Waals surface area contributed by atoms with Gasteiger partial charge in [0.25, 0.3) is 0 Å². The number of carboxylic acids is 1. The van der Waals surface area contributed by atoms with E-state index >= 15 is 0 Å². The van der Waals surface area contributed by atoms with Crippen LogP contribution in [0.15, 0.2) is 18.7 Å². The predicted octanol–water partition coefficient (Wildman–Crippen LogP) is -3.07. The number of imidazole rings is 1. The van der Waals surface area contributed by atoms with E-state index in [2.05, 4.69) is 4.98 Å². The molecule has 0 aliphatic carbocycles. The zero-order valence-corrected chi connectivity index (χ0v) is 11.2. The monoisotopic (exact) mass is 222 g/mol. The van der Waals surface area contributed by atoms with Crippen molar-refractivity contribution in [3.05, 3.63) is 18.7 Å². The maximum atomic E-state index is 10.7. The third-order valence-corrected chi connectivity index (χ3v) is 2.40. The molecule has 0 fully saturated rings. The van der Waals surface area contributed by atoms with Crippen molar-refractivity contribution in [2.24, 2.45) is 0 Å². The molecule has 0 aliphatic rings. The summed E-state index contributed by atoms with van der Waals surface area (Å²) >= 11 is 1.62. The summed E-state index contributed by atoms with van der Waals surface area (Å²) in [5.41, 5.74) is 0. The third-order valence-electron chi connectivity index (χ3n) is 1.75. The van der Waals surface area contributed by atoms with E-state index in [0.717, 1.165) is 5.75 Å². The maximum Gasteiger partial charge on any atom is 1.00 e. The molecule has 0 aliphatic heterocycles. The second-order valence-electron chi connectivity index (χ2n) is 2.63. The van der Waals surface area contributed by atoms with Crippen molar-refractivity contribution in [3.63, 3.8) is 0 Å². The van der Waals surface area contributed by atoms with Crippen LogP contribution in [-0.4, -0.2) is 27.5 Å². The van der Waals surface area contributed by atoms with Gasteiger partial charge in [0.15, 0.2) is 0 Å². The molecule has 1 rings (SSSR count). The third kappa shape index (κ3) is 4.04. The van der Waals surface area contributed by atoms with Gasteiger partial charge in [-0.1, -0.05) is 0 Å². The largest absolute Gasteiger partial charge is 1.00 e. The first-order valence-corrected chi connectivity index (χ1v) is 5.32. The van der Waals surface area contributed by atoms with Crippen LogP contribution in [-0.2, 0) is 4.79 Å². The maximum absolute atomic E-state index is 10.7. The Morgan fingerprint density at radius 1 is 1.71 bits per heavy atom. The van der Waals surface area contributed by atoms with Crippen LogP contribution < -0.4 is 34.7 Å². The first kappa shape index (κ1) is 14.0. The van der Waals surface area contributed by atoms with Crippen molar-refractivity contribution in [3.8, 4) is 0 Å². The van der Waals surface area contributed by atoms with Crippen LogP contribution >= 0.6 is 11.8 Å². The minimum Gasteiger partial charge on any atom is -0.548 e. The van der Waals surface area contributed by atoms with Gasteiger partial charge >= 0.3 is 29.6 Å². The van der Waals surface area contributed by atoms with Crippen LogP contribution in [0.1, 0.15) is 12.5 Å². The van der Waals surface area contributed by atoms with Gasteiger partial charge in [0.1, 0.15) is 0 Å². The Bertz CT molecular complexity index is 266. The molecule has 72 valence electrons. The number of hydrogen-bond donors (Lipinski definition) is 0. The number of rotatable bonds is 5. The molecule has 0 N–H and O–H groups in total.